The highest BCUT2D eigenvalue weighted by molar-refractivity contribution is 7.92. The van der Waals surface area contributed by atoms with Crippen molar-refractivity contribution in [3.05, 3.63) is 18.2 Å². The third-order valence-corrected chi connectivity index (χ3v) is 4.56. The number of nitrogens with two attached hydrogens (primary N) is 1. The predicted molar refractivity (Wildman–Crippen MR) is 59.6 cm³/mol. The van der Waals surface area contributed by atoms with Gasteiger partial charge in [0.2, 0.25) is 0 Å². The SMILES string of the molecule is Nc1cccc2c1nnn2C1CS(=O)(=O)C1. The molecule has 7 heteroatoms. The molecule has 84 valence electrons. The molecule has 0 atom stereocenters. The summed E-state index contributed by atoms with van der Waals surface area (Å²) in [6.07, 6.45) is 0. The Morgan fingerprint density at radius 1 is 1.38 bits per heavy atom. The first-order chi connectivity index (χ1) is 7.57. The molecule has 2 aromatic rings. The van der Waals surface area contributed by atoms with Crippen LogP contribution in [0.15, 0.2) is 18.2 Å². The van der Waals surface area contributed by atoms with Crippen molar-refractivity contribution in [2.24, 2.45) is 0 Å². The Hall–Kier alpha value is -1.63. The Labute approximate surface area is 92.0 Å². The van der Waals surface area contributed by atoms with Crippen molar-refractivity contribution >= 4 is 26.6 Å². The first-order valence-corrected chi connectivity index (χ1v) is 6.69. The maximum absolute atomic E-state index is 11.1. The van der Waals surface area contributed by atoms with Crippen LogP contribution >= 0.6 is 0 Å². The molecule has 1 saturated heterocycles. The number of aromatic nitrogens is 3. The minimum absolute atomic E-state index is 0.100. The number of benzene rings is 1. The third-order valence-electron chi connectivity index (χ3n) is 2.77. The number of nitrogen functional groups attached to an aromatic ring is 1. The molecule has 0 bridgehead atoms. The molecule has 1 aliphatic heterocycles. The molecule has 1 aromatic carbocycles. The Kier molecular flexibility index (Phi) is 1.76. The van der Waals surface area contributed by atoms with Gasteiger partial charge in [0.15, 0.2) is 9.84 Å². The number of hydrogen-bond donors (Lipinski definition) is 1. The molecule has 0 aliphatic carbocycles. The Bertz CT molecular complexity index is 649. The van der Waals surface area contributed by atoms with Gasteiger partial charge in [0.25, 0.3) is 0 Å². The van der Waals surface area contributed by atoms with Crippen molar-refractivity contribution in [1.82, 2.24) is 15.0 Å². The van der Waals surface area contributed by atoms with Gasteiger partial charge in [-0.15, -0.1) is 5.10 Å². The summed E-state index contributed by atoms with van der Waals surface area (Å²) < 4.78 is 23.9. The van der Waals surface area contributed by atoms with Crippen LogP contribution in [0.2, 0.25) is 0 Å². The summed E-state index contributed by atoms with van der Waals surface area (Å²) in [7, 11) is -2.86. The van der Waals surface area contributed by atoms with Crippen LogP contribution in [0.1, 0.15) is 6.04 Å². The summed E-state index contributed by atoms with van der Waals surface area (Å²) in [5, 5.41) is 7.93. The summed E-state index contributed by atoms with van der Waals surface area (Å²) in [6, 6.07) is 5.30. The highest BCUT2D eigenvalue weighted by Gasteiger charge is 2.36. The van der Waals surface area contributed by atoms with Crippen molar-refractivity contribution in [2.45, 2.75) is 6.04 Å². The van der Waals surface area contributed by atoms with E-state index in [-0.39, 0.29) is 17.5 Å². The fourth-order valence-electron chi connectivity index (χ4n) is 1.93. The van der Waals surface area contributed by atoms with Crippen LogP contribution in [0.3, 0.4) is 0 Å². The fraction of sp³-hybridized carbons (Fsp3) is 0.333. The summed E-state index contributed by atoms with van der Waals surface area (Å²) in [5.74, 6) is 0.278. The molecular formula is C9H10N4O2S. The molecule has 0 radical (unpaired) electrons. The summed E-state index contributed by atoms with van der Waals surface area (Å²) >= 11 is 0. The summed E-state index contributed by atoms with van der Waals surface area (Å²) in [5.41, 5.74) is 7.73. The summed E-state index contributed by atoms with van der Waals surface area (Å²) in [4.78, 5) is 0. The van der Waals surface area contributed by atoms with Crippen LogP contribution in [0.4, 0.5) is 5.69 Å². The van der Waals surface area contributed by atoms with Crippen LogP contribution in [0.25, 0.3) is 11.0 Å². The van der Waals surface area contributed by atoms with Gasteiger partial charge in [0, 0.05) is 0 Å². The van der Waals surface area contributed by atoms with Gasteiger partial charge in [-0.25, -0.2) is 13.1 Å². The number of sulfone groups is 1. The van der Waals surface area contributed by atoms with E-state index in [9.17, 15) is 8.42 Å². The number of rotatable bonds is 1. The average molecular weight is 238 g/mol. The Morgan fingerprint density at radius 2 is 2.12 bits per heavy atom. The lowest BCUT2D eigenvalue weighted by atomic mass is 10.2. The van der Waals surface area contributed by atoms with Crippen LogP contribution in [-0.4, -0.2) is 34.9 Å². The molecule has 0 saturated carbocycles. The van der Waals surface area contributed by atoms with Crippen molar-refractivity contribution in [3.8, 4) is 0 Å². The van der Waals surface area contributed by atoms with E-state index in [2.05, 4.69) is 10.3 Å². The fourth-order valence-corrected chi connectivity index (χ4v) is 3.29. The third kappa shape index (κ3) is 1.28. The zero-order valence-corrected chi connectivity index (χ0v) is 9.18. The predicted octanol–water partition coefficient (Wildman–Crippen LogP) is -0.0170. The van der Waals surface area contributed by atoms with Gasteiger partial charge in [-0.1, -0.05) is 11.3 Å². The molecule has 16 heavy (non-hydrogen) atoms. The van der Waals surface area contributed by atoms with E-state index < -0.39 is 9.84 Å². The first-order valence-electron chi connectivity index (χ1n) is 4.87. The highest BCUT2D eigenvalue weighted by Crippen LogP contribution is 2.27. The second kappa shape index (κ2) is 2.94. The topological polar surface area (TPSA) is 90.9 Å². The molecule has 1 aliphatic rings. The lowest BCUT2D eigenvalue weighted by Crippen LogP contribution is -2.38. The van der Waals surface area contributed by atoms with Crippen molar-refractivity contribution in [1.29, 1.82) is 0 Å². The Morgan fingerprint density at radius 3 is 2.81 bits per heavy atom. The zero-order valence-electron chi connectivity index (χ0n) is 8.37. The van der Waals surface area contributed by atoms with E-state index in [0.717, 1.165) is 5.52 Å². The molecule has 0 unspecified atom stereocenters. The average Bonchev–Trinajstić information content (AvgIpc) is 2.59. The van der Waals surface area contributed by atoms with E-state index in [4.69, 9.17) is 5.73 Å². The van der Waals surface area contributed by atoms with Gasteiger partial charge in [0.05, 0.1) is 28.8 Å². The van der Waals surface area contributed by atoms with Crippen LogP contribution in [0, 0.1) is 0 Å². The van der Waals surface area contributed by atoms with E-state index in [1.807, 2.05) is 12.1 Å². The molecule has 3 rings (SSSR count). The van der Waals surface area contributed by atoms with Gasteiger partial charge in [-0.3, -0.25) is 0 Å². The van der Waals surface area contributed by atoms with Gasteiger partial charge in [-0.05, 0) is 12.1 Å². The second-order valence-corrected chi connectivity index (χ2v) is 6.13. The molecule has 6 nitrogen and oxygen atoms in total. The number of fused-ring (bicyclic) bond motifs is 1. The van der Waals surface area contributed by atoms with E-state index >= 15 is 0 Å². The van der Waals surface area contributed by atoms with Gasteiger partial charge < -0.3 is 5.73 Å². The van der Waals surface area contributed by atoms with Gasteiger partial charge in [-0.2, -0.15) is 0 Å². The maximum atomic E-state index is 11.1. The molecule has 2 heterocycles. The smallest absolute Gasteiger partial charge is 0.154 e. The minimum Gasteiger partial charge on any atom is -0.397 e. The number of hydrogen-bond acceptors (Lipinski definition) is 5. The Balaban J connectivity index is 2.09. The lowest BCUT2D eigenvalue weighted by molar-refractivity contribution is 0.474. The van der Waals surface area contributed by atoms with Crippen molar-refractivity contribution < 1.29 is 8.42 Å². The number of nitrogens with zero attached hydrogens (tertiary/aromatic N) is 3. The van der Waals surface area contributed by atoms with Gasteiger partial charge >= 0.3 is 0 Å². The zero-order chi connectivity index (χ0) is 11.3. The molecule has 1 fully saturated rings. The van der Waals surface area contributed by atoms with Crippen molar-refractivity contribution in [2.75, 3.05) is 17.2 Å². The van der Waals surface area contributed by atoms with Crippen LogP contribution < -0.4 is 5.73 Å². The van der Waals surface area contributed by atoms with E-state index in [1.54, 1.807) is 10.7 Å². The maximum Gasteiger partial charge on any atom is 0.154 e. The lowest BCUT2D eigenvalue weighted by Gasteiger charge is -2.25. The molecule has 2 N–H and O–H groups in total. The van der Waals surface area contributed by atoms with Crippen molar-refractivity contribution in [3.63, 3.8) is 0 Å². The van der Waals surface area contributed by atoms with Crippen LogP contribution in [-0.2, 0) is 9.84 Å². The van der Waals surface area contributed by atoms with E-state index in [0.29, 0.717) is 11.2 Å². The molecule has 0 spiro atoms. The quantitative estimate of drug-likeness (QED) is 0.705. The van der Waals surface area contributed by atoms with Crippen LogP contribution in [0.5, 0.6) is 0 Å². The largest absolute Gasteiger partial charge is 0.397 e. The van der Waals surface area contributed by atoms with Gasteiger partial charge in [0.1, 0.15) is 5.52 Å². The molecule has 1 aromatic heterocycles. The normalized spacial score (nSPS) is 19.8. The minimum atomic E-state index is -2.86. The summed E-state index contributed by atoms with van der Waals surface area (Å²) in [6.45, 7) is 0. The number of anilines is 1. The van der Waals surface area contributed by atoms with E-state index in [1.165, 1.54) is 0 Å². The highest BCUT2D eigenvalue weighted by atomic mass is 32.2. The standard InChI is InChI=1S/C9H10N4O2S/c10-7-2-1-3-8-9(7)11-12-13(8)6-4-16(14,15)5-6/h1-3,6H,4-5,10H2. The molecule has 0 amide bonds. The first kappa shape index (κ1) is 9.59. The second-order valence-electron chi connectivity index (χ2n) is 3.98. The monoisotopic (exact) mass is 238 g/mol. The molecular weight excluding hydrogens is 228 g/mol.